The topological polar surface area (TPSA) is 101 Å². The standard InChI is InChI=1S/C26H23N5O2/c27-26(33)31-22-3-1-2-20(16-6-8-28-12-16)24(22)23(17-7-9-29-13-17)25(31)15-4-5-21-18(10-15)11-19(14-32)30-21/h1-11,16-17,21,28-30H,12-13H2,(H2,27,33). The Labute approximate surface area is 190 Å². The van der Waals surface area contributed by atoms with E-state index in [4.69, 9.17) is 5.73 Å². The molecule has 1 aromatic carbocycles. The number of fused-ring (bicyclic) bond motifs is 2. The Hall–Kier alpha value is -4.22. The third kappa shape index (κ3) is 2.97. The quantitative estimate of drug-likeness (QED) is 0.553. The van der Waals surface area contributed by atoms with Crippen LogP contribution in [0.5, 0.6) is 0 Å². The lowest BCUT2D eigenvalue weighted by molar-refractivity contribution is 0.251. The van der Waals surface area contributed by atoms with Crippen LogP contribution >= 0.6 is 0 Å². The molecule has 0 radical (unpaired) electrons. The fourth-order valence-corrected chi connectivity index (χ4v) is 5.36. The molecule has 1 aromatic heterocycles. The van der Waals surface area contributed by atoms with Gasteiger partial charge in [0.05, 0.1) is 17.3 Å². The summed E-state index contributed by atoms with van der Waals surface area (Å²) >= 11 is 0. The van der Waals surface area contributed by atoms with E-state index in [9.17, 15) is 9.59 Å². The Balaban J connectivity index is 1.66. The van der Waals surface area contributed by atoms with Gasteiger partial charge in [-0.05, 0) is 52.9 Å². The van der Waals surface area contributed by atoms with Crippen LogP contribution in [0, 0.1) is 0 Å². The van der Waals surface area contributed by atoms with Gasteiger partial charge in [0.15, 0.2) is 0 Å². The number of hydrogen-bond donors (Lipinski definition) is 4. The van der Waals surface area contributed by atoms with Gasteiger partial charge in [-0.1, -0.05) is 36.4 Å². The minimum Gasteiger partial charge on any atom is -0.390 e. The lowest BCUT2D eigenvalue weighted by Gasteiger charge is -2.19. The summed E-state index contributed by atoms with van der Waals surface area (Å²) in [6, 6.07) is 5.51. The first-order valence-corrected chi connectivity index (χ1v) is 11.1. The second-order valence-electron chi connectivity index (χ2n) is 8.67. The predicted octanol–water partition coefficient (Wildman–Crippen LogP) is 2.54. The molecule has 0 fully saturated rings. The molecule has 5 N–H and O–H groups in total. The molecule has 33 heavy (non-hydrogen) atoms. The predicted molar refractivity (Wildman–Crippen MR) is 128 cm³/mol. The minimum absolute atomic E-state index is 0.0710. The van der Waals surface area contributed by atoms with Crippen LogP contribution in [0.3, 0.4) is 0 Å². The van der Waals surface area contributed by atoms with Gasteiger partial charge in [-0.3, -0.25) is 4.57 Å². The number of hydrogen-bond acceptors (Lipinski definition) is 5. The molecule has 4 aliphatic rings. The van der Waals surface area contributed by atoms with Crippen molar-refractivity contribution in [2.45, 2.75) is 17.9 Å². The smallest absolute Gasteiger partial charge is 0.323 e. The number of amides is 1. The van der Waals surface area contributed by atoms with Gasteiger partial charge in [-0.2, -0.15) is 0 Å². The third-order valence-corrected chi connectivity index (χ3v) is 6.78. The van der Waals surface area contributed by atoms with Gasteiger partial charge >= 0.3 is 6.03 Å². The van der Waals surface area contributed by atoms with Crippen molar-refractivity contribution in [3.05, 3.63) is 95.1 Å². The van der Waals surface area contributed by atoms with Gasteiger partial charge in [0.2, 0.25) is 0 Å². The molecule has 0 saturated heterocycles. The van der Waals surface area contributed by atoms with Crippen molar-refractivity contribution < 1.29 is 9.59 Å². The number of rotatable bonds is 3. The van der Waals surface area contributed by atoms with Gasteiger partial charge in [0.25, 0.3) is 0 Å². The zero-order valence-electron chi connectivity index (χ0n) is 17.8. The molecule has 3 atom stereocenters. The van der Waals surface area contributed by atoms with Crippen LogP contribution in [0.25, 0.3) is 16.5 Å². The van der Waals surface area contributed by atoms with E-state index in [1.54, 1.807) is 10.6 Å². The molecular weight excluding hydrogens is 414 g/mol. The molecular formula is C26H23N5O2. The number of carbonyl (C=O) groups is 1. The van der Waals surface area contributed by atoms with E-state index in [1.807, 2.05) is 48.7 Å². The number of nitrogens with zero attached hydrogens (tertiary/aromatic N) is 1. The molecule has 0 saturated carbocycles. The molecule has 7 heteroatoms. The SMILES string of the molecule is NC(=O)n1c(C2=CC3=CC(=C=O)NC3C=C2)c(C2C=CNC2)c2c(C3C=CNC3)cccc21. The molecule has 2 aromatic rings. The van der Waals surface area contributed by atoms with Crippen molar-refractivity contribution >= 4 is 28.4 Å². The fraction of sp³-hybridized carbons (Fsp3) is 0.192. The molecule has 0 bridgehead atoms. The van der Waals surface area contributed by atoms with Crippen LogP contribution in [0.1, 0.15) is 28.7 Å². The van der Waals surface area contributed by atoms with Gasteiger partial charge < -0.3 is 21.7 Å². The first-order valence-electron chi connectivity index (χ1n) is 11.1. The van der Waals surface area contributed by atoms with Crippen molar-refractivity contribution in [1.29, 1.82) is 0 Å². The maximum Gasteiger partial charge on any atom is 0.323 e. The average Bonchev–Trinajstić information content (AvgIpc) is 3.62. The molecule has 164 valence electrons. The third-order valence-electron chi connectivity index (χ3n) is 6.78. The highest BCUT2D eigenvalue weighted by Gasteiger charge is 2.32. The first kappa shape index (κ1) is 19.5. The summed E-state index contributed by atoms with van der Waals surface area (Å²) < 4.78 is 1.64. The van der Waals surface area contributed by atoms with E-state index in [1.165, 1.54) is 5.56 Å². The monoisotopic (exact) mass is 437 g/mol. The second-order valence-corrected chi connectivity index (χ2v) is 8.67. The lowest BCUT2D eigenvalue weighted by atomic mass is 9.87. The van der Waals surface area contributed by atoms with E-state index >= 15 is 0 Å². The van der Waals surface area contributed by atoms with Crippen molar-refractivity contribution in [2.75, 3.05) is 13.1 Å². The first-order chi connectivity index (χ1) is 16.2. The van der Waals surface area contributed by atoms with Gasteiger partial charge in [-0.25, -0.2) is 9.59 Å². The Morgan fingerprint density at radius 3 is 2.55 bits per heavy atom. The maximum atomic E-state index is 12.9. The zero-order valence-corrected chi connectivity index (χ0v) is 17.8. The summed E-state index contributed by atoms with van der Waals surface area (Å²) in [6.07, 6.45) is 16.1. The highest BCUT2D eigenvalue weighted by atomic mass is 16.2. The molecule has 6 rings (SSSR count). The number of nitrogens with one attached hydrogen (secondary N) is 3. The number of aromatic nitrogens is 1. The number of benzene rings is 1. The van der Waals surface area contributed by atoms with Gasteiger partial charge in [0.1, 0.15) is 11.6 Å². The van der Waals surface area contributed by atoms with Gasteiger partial charge in [0, 0.05) is 30.3 Å². The Bertz CT molecular complexity index is 1400. The van der Waals surface area contributed by atoms with Crippen LogP contribution < -0.4 is 21.7 Å². The molecule has 1 amide bonds. The van der Waals surface area contributed by atoms with Crippen molar-refractivity contribution in [1.82, 2.24) is 20.5 Å². The van der Waals surface area contributed by atoms with Crippen LogP contribution in [0.2, 0.25) is 0 Å². The van der Waals surface area contributed by atoms with E-state index in [-0.39, 0.29) is 17.9 Å². The summed E-state index contributed by atoms with van der Waals surface area (Å²) in [6.45, 7) is 1.57. The van der Waals surface area contributed by atoms with Crippen LogP contribution in [-0.2, 0) is 4.79 Å². The van der Waals surface area contributed by atoms with Crippen molar-refractivity contribution in [3.8, 4) is 0 Å². The lowest BCUT2D eigenvalue weighted by Crippen LogP contribution is -2.24. The molecule has 7 nitrogen and oxygen atoms in total. The summed E-state index contributed by atoms with van der Waals surface area (Å²) in [5.74, 6) is 2.23. The Morgan fingerprint density at radius 1 is 1.06 bits per heavy atom. The Morgan fingerprint density at radius 2 is 1.85 bits per heavy atom. The molecule has 1 aliphatic carbocycles. The molecule has 3 aliphatic heterocycles. The van der Waals surface area contributed by atoms with E-state index in [2.05, 4.69) is 34.2 Å². The molecule has 0 spiro atoms. The van der Waals surface area contributed by atoms with Crippen molar-refractivity contribution in [2.24, 2.45) is 5.73 Å². The van der Waals surface area contributed by atoms with Crippen LogP contribution in [0.4, 0.5) is 4.79 Å². The van der Waals surface area contributed by atoms with E-state index in [0.717, 1.165) is 46.4 Å². The van der Waals surface area contributed by atoms with E-state index in [0.29, 0.717) is 5.70 Å². The van der Waals surface area contributed by atoms with Crippen LogP contribution in [0.15, 0.2) is 78.3 Å². The number of allylic oxidation sites excluding steroid dienone is 3. The highest BCUT2D eigenvalue weighted by Crippen LogP contribution is 2.43. The van der Waals surface area contributed by atoms with E-state index < -0.39 is 6.03 Å². The Kier molecular flexibility index (Phi) is 4.38. The number of carbonyl (C=O) groups excluding carboxylic acids is 2. The van der Waals surface area contributed by atoms with Crippen molar-refractivity contribution in [3.63, 3.8) is 0 Å². The number of primary amides is 1. The molecule has 3 unspecified atom stereocenters. The largest absolute Gasteiger partial charge is 0.390 e. The highest BCUT2D eigenvalue weighted by molar-refractivity contribution is 6.02. The normalized spacial score (nSPS) is 24.7. The summed E-state index contributed by atoms with van der Waals surface area (Å²) in [5, 5.41) is 10.8. The summed E-state index contributed by atoms with van der Waals surface area (Å²) in [5.41, 5.74) is 12.1. The zero-order chi connectivity index (χ0) is 22.5. The average molecular weight is 438 g/mol. The summed E-state index contributed by atoms with van der Waals surface area (Å²) in [4.78, 5) is 24.0. The number of nitrogens with two attached hydrogens (primary N) is 1. The van der Waals surface area contributed by atoms with Crippen LogP contribution in [-0.4, -0.2) is 35.7 Å². The fourth-order valence-electron chi connectivity index (χ4n) is 5.36. The minimum atomic E-state index is -0.517. The molecule has 4 heterocycles. The van der Waals surface area contributed by atoms with Gasteiger partial charge in [-0.15, -0.1) is 0 Å². The second kappa shape index (κ2) is 7.43. The summed E-state index contributed by atoms with van der Waals surface area (Å²) in [7, 11) is 0. The maximum absolute atomic E-state index is 12.9.